The second-order valence-corrected chi connectivity index (χ2v) is 6.56. The highest BCUT2D eigenvalue weighted by Gasteiger charge is 2.01. The molecule has 3 nitrogen and oxygen atoms in total. The van der Waals surface area contributed by atoms with Crippen LogP contribution in [0.5, 0.6) is 0 Å². The smallest absolute Gasteiger partial charge is 0.148 e. The summed E-state index contributed by atoms with van der Waals surface area (Å²) in [6, 6.07) is 5.83. The van der Waals surface area contributed by atoms with Crippen molar-refractivity contribution in [3.05, 3.63) is 34.3 Å². The van der Waals surface area contributed by atoms with Gasteiger partial charge in [-0.05, 0) is 24.1 Å². The van der Waals surface area contributed by atoms with Gasteiger partial charge in [0.1, 0.15) is 9.84 Å². The molecule has 0 fully saturated rings. The van der Waals surface area contributed by atoms with Crippen LogP contribution >= 0.6 is 11.6 Å². The Kier molecular flexibility index (Phi) is 4.77. The zero-order valence-corrected chi connectivity index (χ0v) is 11.0. The third-order valence-corrected chi connectivity index (χ3v) is 3.57. The first-order valence-corrected chi connectivity index (χ1v) is 7.46. The van der Waals surface area contributed by atoms with E-state index >= 15 is 0 Å². The van der Waals surface area contributed by atoms with Crippen LogP contribution in [0.3, 0.4) is 0 Å². The van der Waals surface area contributed by atoms with Gasteiger partial charge < -0.3 is 5.32 Å². The summed E-state index contributed by atoms with van der Waals surface area (Å²) in [5.74, 6) is 0.159. The van der Waals surface area contributed by atoms with Gasteiger partial charge in [-0.1, -0.05) is 23.7 Å². The van der Waals surface area contributed by atoms with Crippen molar-refractivity contribution in [2.24, 2.45) is 0 Å². The maximum absolute atomic E-state index is 10.9. The third-order valence-electron chi connectivity index (χ3n) is 2.21. The first kappa shape index (κ1) is 13.5. The van der Waals surface area contributed by atoms with E-state index in [1.807, 2.05) is 25.1 Å². The molecule has 5 heteroatoms. The second-order valence-electron chi connectivity index (χ2n) is 3.89. The van der Waals surface area contributed by atoms with Gasteiger partial charge in [-0.2, -0.15) is 0 Å². The van der Waals surface area contributed by atoms with Crippen LogP contribution in [0.4, 0.5) is 0 Å². The topological polar surface area (TPSA) is 46.2 Å². The van der Waals surface area contributed by atoms with Crippen molar-refractivity contribution >= 4 is 21.4 Å². The fourth-order valence-corrected chi connectivity index (χ4v) is 1.95. The number of halogens is 1. The van der Waals surface area contributed by atoms with Gasteiger partial charge in [-0.25, -0.2) is 8.42 Å². The van der Waals surface area contributed by atoms with Gasteiger partial charge in [0.25, 0.3) is 0 Å². The number of sulfone groups is 1. The van der Waals surface area contributed by atoms with E-state index in [1.54, 1.807) is 0 Å². The lowest BCUT2D eigenvalue weighted by Crippen LogP contribution is -2.21. The molecule has 0 spiro atoms. The van der Waals surface area contributed by atoms with Gasteiger partial charge in [0, 0.05) is 24.4 Å². The lowest BCUT2D eigenvalue weighted by molar-refractivity contribution is 0.596. The van der Waals surface area contributed by atoms with Crippen LogP contribution in [-0.2, 0) is 16.4 Å². The van der Waals surface area contributed by atoms with E-state index < -0.39 is 9.84 Å². The molecular formula is C11H16ClNO2S. The summed E-state index contributed by atoms with van der Waals surface area (Å²) in [4.78, 5) is 0. The van der Waals surface area contributed by atoms with E-state index in [-0.39, 0.29) is 5.75 Å². The minimum atomic E-state index is -2.88. The van der Waals surface area contributed by atoms with E-state index in [2.05, 4.69) is 5.32 Å². The van der Waals surface area contributed by atoms with E-state index in [4.69, 9.17) is 11.6 Å². The summed E-state index contributed by atoms with van der Waals surface area (Å²) in [6.07, 6.45) is 1.23. The SMILES string of the molecule is Cc1ccc(CNCCS(C)(=O)=O)cc1Cl. The minimum Gasteiger partial charge on any atom is -0.312 e. The predicted molar refractivity (Wildman–Crippen MR) is 67.6 cm³/mol. The standard InChI is InChI=1S/C11H16ClNO2S/c1-9-3-4-10(7-11(9)12)8-13-5-6-16(2,14)15/h3-4,7,13H,5-6,8H2,1-2H3. The second kappa shape index (κ2) is 5.66. The lowest BCUT2D eigenvalue weighted by Gasteiger charge is -2.05. The summed E-state index contributed by atoms with van der Waals surface area (Å²) in [7, 11) is -2.88. The molecule has 1 aromatic rings. The summed E-state index contributed by atoms with van der Waals surface area (Å²) >= 11 is 5.98. The zero-order chi connectivity index (χ0) is 12.2. The number of benzene rings is 1. The Hall–Kier alpha value is -0.580. The van der Waals surface area contributed by atoms with Crippen molar-refractivity contribution in [3.63, 3.8) is 0 Å². The normalized spacial score (nSPS) is 11.7. The quantitative estimate of drug-likeness (QED) is 0.822. The molecule has 1 aromatic carbocycles. The molecule has 0 aliphatic carbocycles. The molecule has 1 N–H and O–H groups in total. The fraction of sp³-hybridized carbons (Fsp3) is 0.455. The third kappa shape index (κ3) is 4.96. The fourth-order valence-electron chi connectivity index (χ4n) is 1.24. The van der Waals surface area contributed by atoms with Gasteiger partial charge in [0.15, 0.2) is 0 Å². The number of hydrogen-bond acceptors (Lipinski definition) is 3. The predicted octanol–water partition coefficient (Wildman–Crippen LogP) is 1.78. The Morgan fingerprint density at radius 2 is 2.06 bits per heavy atom. The van der Waals surface area contributed by atoms with E-state index in [1.165, 1.54) is 6.26 Å². The number of nitrogens with one attached hydrogen (secondary N) is 1. The summed E-state index contributed by atoms with van der Waals surface area (Å²) in [5.41, 5.74) is 2.10. The Morgan fingerprint density at radius 1 is 1.38 bits per heavy atom. The Balaban J connectivity index is 2.41. The molecule has 1 rings (SSSR count). The molecule has 0 aromatic heterocycles. The zero-order valence-electron chi connectivity index (χ0n) is 9.46. The first-order chi connectivity index (χ1) is 7.38. The highest BCUT2D eigenvalue weighted by Crippen LogP contribution is 2.16. The number of aryl methyl sites for hydroxylation is 1. The average molecular weight is 262 g/mol. The van der Waals surface area contributed by atoms with Gasteiger partial charge in [-0.15, -0.1) is 0 Å². The molecule has 0 saturated heterocycles. The maximum Gasteiger partial charge on any atom is 0.148 e. The van der Waals surface area contributed by atoms with Crippen LogP contribution < -0.4 is 5.32 Å². The molecule has 0 aliphatic rings. The molecule has 0 amide bonds. The molecule has 0 saturated carbocycles. The molecule has 0 bridgehead atoms. The van der Waals surface area contributed by atoms with Crippen LogP contribution in [0.15, 0.2) is 18.2 Å². The van der Waals surface area contributed by atoms with E-state index in [0.29, 0.717) is 13.1 Å². The van der Waals surface area contributed by atoms with Gasteiger partial charge >= 0.3 is 0 Å². The molecule has 0 radical (unpaired) electrons. The van der Waals surface area contributed by atoms with Crippen LogP contribution in [0.2, 0.25) is 5.02 Å². The number of hydrogen-bond donors (Lipinski definition) is 1. The molecule has 90 valence electrons. The first-order valence-electron chi connectivity index (χ1n) is 5.02. The van der Waals surface area contributed by atoms with Gasteiger partial charge in [-0.3, -0.25) is 0 Å². The Bertz CT molecular complexity index is 457. The van der Waals surface area contributed by atoms with Crippen LogP contribution in [0, 0.1) is 6.92 Å². The molecule has 0 atom stereocenters. The van der Waals surface area contributed by atoms with Crippen LogP contribution in [-0.4, -0.2) is 27.0 Å². The van der Waals surface area contributed by atoms with Crippen molar-refractivity contribution in [1.29, 1.82) is 0 Å². The molecule has 0 unspecified atom stereocenters. The summed E-state index contributed by atoms with van der Waals surface area (Å²) in [5, 5.41) is 3.81. The highest BCUT2D eigenvalue weighted by molar-refractivity contribution is 7.90. The number of rotatable bonds is 5. The van der Waals surface area contributed by atoms with E-state index in [0.717, 1.165) is 16.1 Å². The summed E-state index contributed by atoms with van der Waals surface area (Å²) in [6.45, 7) is 3.04. The molecule has 0 aliphatic heterocycles. The van der Waals surface area contributed by atoms with Gasteiger partial charge in [0.05, 0.1) is 5.75 Å². The Morgan fingerprint density at radius 3 is 2.62 bits per heavy atom. The minimum absolute atomic E-state index is 0.159. The van der Waals surface area contributed by atoms with Gasteiger partial charge in [0.2, 0.25) is 0 Å². The van der Waals surface area contributed by atoms with Crippen molar-refractivity contribution in [2.45, 2.75) is 13.5 Å². The highest BCUT2D eigenvalue weighted by atomic mass is 35.5. The van der Waals surface area contributed by atoms with Crippen molar-refractivity contribution in [3.8, 4) is 0 Å². The van der Waals surface area contributed by atoms with Crippen LogP contribution in [0.1, 0.15) is 11.1 Å². The van der Waals surface area contributed by atoms with Crippen molar-refractivity contribution < 1.29 is 8.42 Å². The molecule has 16 heavy (non-hydrogen) atoms. The lowest BCUT2D eigenvalue weighted by atomic mass is 10.1. The van der Waals surface area contributed by atoms with E-state index in [9.17, 15) is 8.42 Å². The summed E-state index contributed by atoms with van der Waals surface area (Å²) < 4.78 is 21.8. The average Bonchev–Trinajstić information content (AvgIpc) is 2.17. The van der Waals surface area contributed by atoms with Crippen molar-refractivity contribution in [2.75, 3.05) is 18.6 Å². The van der Waals surface area contributed by atoms with Crippen LogP contribution in [0.25, 0.3) is 0 Å². The monoisotopic (exact) mass is 261 g/mol. The maximum atomic E-state index is 10.9. The molecule has 0 heterocycles. The Labute approximate surface area is 102 Å². The largest absolute Gasteiger partial charge is 0.312 e. The van der Waals surface area contributed by atoms with Crippen molar-refractivity contribution in [1.82, 2.24) is 5.32 Å². The molecular weight excluding hydrogens is 246 g/mol.